The Bertz CT molecular complexity index is 544. The molecule has 2 rings (SSSR count). The molecule has 0 aliphatic carbocycles. The van der Waals surface area contributed by atoms with E-state index in [1.165, 1.54) is 0 Å². The third-order valence-corrected chi connectivity index (χ3v) is 3.04. The van der Waals surface area contributed by atoms with Gasteiger partial charge in [-0.2, -0.15) is 0 Å². The number of benzene rings is 1. The third kappa shape index (κ3) is 2.81. The van der Waals surface area contributed by atoms with E-state index < -0.39 is 0 Å². The van der Waals surface area contributed by atoms with E-state index >= 15 is 0 Å². The second-order valence-corrected chi connectivity index (χ2v) is 4.22. The molecule has 0 spiro atoms. The summed E-state index contributed by atoms with van der Waals surface area (Å²) in [6.45, 7) is 4.46. The minimum absolute atomic E-state index is 0.630. The molecule has 1 N–H and O–H groups in total. The highest BCUT2D eigenvalue weighted by Gasteiger charge is 2.10. The van der Waals surface area contributed by atoms with Crippen LogP contribution in [0, 0.1) is 13.8 Å². The zero-order chi connectivity index (χ0) is 13.8. The highest BCUT2D eigenvalue weighted by molar-refractivity contribution is 5.60. The second kappa shape index (κ2) is 5.65. The molecule has 2 aromatic rings. The third-order valence-electron chi connectivity index (χ3n) is 3.04. The summed E-state index contributed by atoms with van der Waals surface area (Å²) >= 11 is 0. The van der Waals surface area contributed by atoms with Crippen LogP contribution in [-0.2, 0) is 6.54 Å². The fraction of sp³-hybridized carbons (Fsp3) is 0.357. The van der Waals surface area contributed by atoms with Crippen LogP contribution in [0.25, 0.3) is 0 Å². The molecule has 1 heterocycles. The first-order valence-corrected chi connectivity index (χ1v) is 6.03. The molecule has 0 atom stereocenters. The Labute approximate surface area is 112 Å². The maximum Gasteiger partial charge on any atom is 0.142 e. The standard InChI is InChI=1S/C14H18N2O3/c1-9-12(10(2)19-16-9)8-15-13-7-11(17-3)5-6-14(13)18-4/h5-7,15H,8H2,1-4H3. The molecule has 5 heteroatoms. The molecule has 0 bridgehead atoms. The summed E-state index contributed by atoms with van der Waals surface area (Å²) in [7, 11) is 3.28. The number of ether oxygens (including phenoxy) is 2. The van der Waals surface area contributed by atoms with E-state index in [2.05, 4.69) is 10.5 Å². The lowest BCUT2D eigenvalue weighted by Crippen LogP contribution is -2.03. The van der Waals surface area contributed by atoms with E-state index in [1.54, 1.807) is 14.2 Å². The lowest BCUT2D eigenvalue weighted by atomic mass is 10.2. The van der Waals surface area contributed by atoms with Crippen LogP contribution >= 0.6 is 0 Å². The highest BCUT2D eigenvalue weighted by atomic mass is 16.5. The van der Waals surface area contributed by atoms with Crippen molar-refractivity contribution < 1.29 is 14.0 Å². The molecule has 0 aliphatic heterocycles. The van der Waals surface area contributed by atoms with Crippen molar-refractivity contribution in [3.05, 3.63) is 35.2 Å². The maximum atomic E-state index is 5.32. The smallest absolute Gasteiger partial charge is 0.142 e. The van der Waals surface area contributed by atoms with E-state index in [0.717, 1.165) is 34.2 Å². The summed E-state index contributed by atoms with van der Waals surface area (Å²) in [5, 5.41) is 7.25. The zero-order valence-corrected chi connectivity index (χ0v) is 11.6. The number of aryl methyl sites for hydroxylation is 2. The van der Waals surface area contributed by atoms with E-state index in [9.17, 15) is 0 Å². The van der Waals surface area contributed by atoms with Gasteiger partial charge in [0, 0.05) is 18.2 Å². The van der Waals surface area contributed by atoms with Gasteiger partial charge in [0.15, 0.2) is 0 Å². The lowest BCUT2D eigenvalue weighted by molar-refractivity contribution is 0.392. The van der Waals surface area contributed by atoms with Gasteiger partial charge in [0.1, 0.15) is 17.3 Å². The number of nitrogens with one attached hydrogen (secondary N) is 1. The summed E-state index contributed by atoms with van der Waals surface area (Å²) in [5.41, 5.74) is 2.83. The van der Waals surface area contributed by atoms with Gasteiger partial charge < -0.3 is 19.3 Å². The van der Waals surface area contributed by atoms with Gasteiger partial charge in [-0.05, 0) is 26.0 Å². The van der Waals surface area contributed by atoms with Crippen LogP contribution in [0.3, 0.4) is 0 Å². The molecule has 19 heavy (non-hydrogen) atoms. The Kier molecular flexibility index (Phi) is 3.94. The molecule has 0 radical (unpaired) electrons. The molecular formula is C14H18N2O3. The first kappa shape index (κ1) is 13.3. The van der Waals surface area contributed by atoms with E-state index in [1.807, 2.05) is 32.0 Å². The number of anilines is 1. The summed E-state index contributed by atoms with van der Waals surface area (Å²) in [4.78, 5) is 0. The summed E-state index contributed by atoms with van der Waals surface area (Å²) in [6, 6.07) is 5.63. The summed E-state index contributed by atoms with van der Waals surface area (Å²) < 4.78 is 15.7. The Morgan fingerprint density at radius 1 is 1.21 bits per heavy atom. The Hall–Kier alpha value is -2.17. The van der Waals surface area contributed by atoms with Crippen molar-refractivity contribution in [2.75, 3.05) is 19.5 Å². The summed E-state index contributed by atoms with van der Waals surface area (Å²) in [5.74, 6) is 2.38. The molecule has 102 valence electrons. The molecule has 0 saturated carbocycles. The number of aromatic nitrogens is 1. The van der Waals surface area contributed by atoms with E-state index in [0.29, 0.717) is 6.54 Å². The lowest BCUT2D eigenvalue weighted by Gasteiger charge is -2.12. The van der Waals surface area contributed by atoms with Crippen LogP contribution in [0.4, 0.5) is 5.69 Å². The minimum atomic E-state index is 0.630. The Balaban J connectivity index is 2.18. The highest BCUT2D eigenvalue weighted by Crippen LogP contribution is 2.29. The normalized spacial score (nSPS) is 10.3. The van der Waals surface area contributed by atoms with Gasteiger partial charge in [-0.3, -0.25) is 0 Å². The van der Waals surface area contributed by atoms with Gasteiger partial charge in [-0.1, -0.05) is 5.16 Å². The minimum Gasteiger partial charge on any atom is -0.497 e. The summed E-state index contributed by atoms with van der Waals surface area (Å²) in [6.07, 6.45) is 0. The molecule has 0 fully saturated rings. The molecular weight excluding hydrogens is 244 g/mol. The van der Waals surface area contributed by atoms with Crippen LogP contribution in [0.1, 0.15) is 17.0 Å². The fourth-order valence-corrected chi connectivity index (χ4v) is 1.89. The Morgan fingerprint density at radius 2 is 2.00 bits per heavy atom. The molecule has 1 aromatic carbocycles. The van der Waals surface area contributed by atoms with Gasteiger partial charge in [0.25, 0.3) is 0 Å². The van der Waals surface area contributed by atoms with Gasteiger partial charge >= 0.3 is 0 Å². The first-order chi connectivity index (χ1) is 9.15. The average molecular weight is 262 g/mol. The topological polar surface area (TPSA) is 56.5 Å². The second-order valence-electron chi connectivity index (χ2n) is 4.22. The number of rotatable bonds is 5. The molecule has 1 aromatic heterocycles. The largest absolute Gasteiger partial charge is 0.497 e. The van der Waals surface area contributed by atoms with Crippen molar-refractivity contribution in [2.24, 2.45) is 0 Å². The molecule has 0 unspecified atom stereocenters. The van der Waals surface area contributed by atoms with Crippen LogP contribution in [0.2, 0.25) is 0 Å². The van der Waals surface area contributed by atoms with Crippen LogP contribution in [0.5, 0.6) is 11.5 Å². The first-order valence-electron chi connectivity index (χ1n) is 6.03. The predicted molar refractivity (Wildman–Crippen MR) is 72.8 cm³/mol. The molecule has 0 amide bonds. The monoisotopic (exact) mass is 262 g/mol. The maximum absolute atomic E-state index is 5.32. The van der Waals surface area contributed by atoms with Gasteiger partial charge in [-0.15, -0.1) is 0 Å². The number of hydrogen-bond donors (Lipinski definition) is 1. The quantitative estimate of drug-likeness (QED) is 0.897. The SMILES string of the molecule is COc1ccc(OC)c(NCc2c(C)noc2C)c1. The van der Waals surface area contributed by atoms with Crippen molar-refractivity contribution in [1.82, 2.24) is 5.16 Å². The van der Waals surface area contributed by atoms with Crippen molar-refractivity contribution in [2.45, 2.75) is 20.4 Å². The van der Waals surface area contributed by atoms with Crippen LogP contribution in [-0.4, -0.2) is 19.4 Å². The number of nitrogens with zero attached hydrogens (tertiary/aromatic N) is 1. The molecule has 0 aliphatic rings. The molecule has 0 saturated heterocycles. The van der Waals surface area contributed by atoms with E-state index in [-0.39, 0.29) is 0 Å². The van der Waals surface area contributed by atoms with Gasteiger partial charge in [-0.25, -0.2) is 0 Å². The Morgan fingerprint density at radius 3 is 2.58 bits per heavy atom. The number of methoxy groups -OCH3 is 2. The fourth-order valence-electron chi connectivity index (χ4n) is 1.89. The average Bonchev–Trinajstić information content (AvgIpc) is 2.75. The van der Waals surface area contributed by atoms with Crippen LogP contribution < -0.4 is 14.8 Å². The zero-order valence-electron chi connectivity index (χ0n) is 11.6. The predicted octanol–water partition coefficient (Wildman–Crippen LogP) is 2.92. The van der Waals surface area contributed by atoms with Crippen LogP contribution in [0.15, 0.2) is 22.7 Å². The number of hydrogen-bond acceptors (Lipinski definition) is 5. The van der Waals surface area contributed by atoms with Crippen molar-refractivity contribution in [1.29, 1.82) is 0 Å². The van der Waals surface area contributed by atoms with Crippen molar-refractivity contribution in [3.8, 4) is 11.5 Å². The van der Waals surface area contributed by atoms with E-state index in [4.69, 9.17) is 14.0 Å². The van der Waals surface area contributed by atoms with Gasteiger partial charge in [0.05, 0.1) is 25.6 Å². The van der Waals surface area contributed by atoms with Crippen molar-refractivity contribution in [3.63, 3.8) is 0 Å². The van der Waals surface area contributed by atoms with Crippen molar-refractivity contribution >= 4 is 5.69 Å². The molecule has 5 nitrogen and oxygen atoms in total. The van der Waals surface area contributed by atoms with Gasteiger partial charge in [0.2, 0.25) is 0 Å².